The van der Waals surface area contributed by atoms with Crippen molar-refractivity contribution in [2.75, 3.05) is 24.4 Å². The van der Waals surface area contributed by atoms with Crippen molar-refractivity contribution in [1.29, 1.82) is 0 Å². The first-order valence-electron chi connectivity index (χ1n) is 10.0. The molecule has 0 saturated carbocycles. The number of para-hydroxylation sites is 1. The number of anilines is 2. The number of carbonyl (C=O) groups excluding carboxylic acids is 3. The van der Waals surface area contributed by atoms with Gasteiger partial charge in [0.15, 0.2) is 0 Å². The first kappa shape index (κ1) is 22.6. The molecule has 0 saturated heterocycles. The summed E-state index contributed by atoms with van der Waals surface area (Å²) in [5, 5.41) is 2.94. The number of amides is 1. The minimum absolute atomic E-state index is 0.0155. The van der Waals surface area contributed by atoms with E-state index in [-0.39, 0.29) is 17.2 Å². The smallest absolute Gasteiger partial charge is 0.355 e. The Bertz CT molecular complexity index is 1130. The third-order valence-electron chi connectivity index (χ3n) is 4.92. The third kappa shape index (κ3) is 4.78. The molecular formula is C25H24N2O5. The number of carbonyl (C=O) groups is 3. The van der Waals surface area contributed by atoms with Crippen molar-refractivity contribution in [1.82, 2.24) is 0 Å². The van der Waals surface area contributed by atoms with Crippen LogP contribution in [0.1, 0.15) is 22.8 Å². The van der Waals surface area contributed by atoms with Crippen molar-refractivity contribution in [3.05, 3.63) is 95.4 Å². The standard InChI is InChI=1S/C25H24N2O5/c1-4-17-10-5-6-14-21(17)26-23(28)18-11-9-12-19(16-18)27-15-8-7-13-20(24(29)31-2)22(27)25(30)32-3/h5-16H,4H2,1-3H3,(H,26,28). The maximum absolute atomic E-state index is 12.9. The fraction of sp³-hybridized carbons (Fsp3) is 0.160. The van der Waals surface area contributed by atoms with E-state index in [1.165, 1.54) is 25.2 Å². The van der Waals surface area contributed by atoms with Crippen LogP contribution < -0.4 is 10.2 Å². The van der Waals surface area contributed by atoms with Gasteiger partial charge in [-0.1, -0.05) is 37.3 Å². The van der Waals surface area contributed by atoms with Gasteiger partial charge in [-0.25, -0.2) is 9.59 Å². The Labute approximate surface area is 186 Å². The minimum atomic E-state index is -0.715. The van der Waals surface area contributed by atoms with Crippen LogP contribution in [0.3, 0.4) is 0 Å². The summed E-state index contributed by atoms with van der Waals surface area (Å²) in [7, 11) is 2.47. The predicted octanol–water partition coefficient (Wildman–Crippen LogP) is 3.99. The molecule has 0 atom stereocenters. The zero-order chi connectivity index (χ0) is 23.1. The van der Waals surface area contributed by atoms with Crippen molar-refractivity contribution in [2.24, 2.45) is 0 Å². The predicted molar refractivity (Wildman–Crippen MR) is 122 cm³/mol. The molecule has 7 heteroatoms. The van der Waals surface area contributed by atoms with Crippen molar-refractivity contribution in [2.45, 2.75) is 13.3 Å². The van der Waals surface area contributed by atoms with Crippen LogP contribution in [-0.4, -0.2) is 32.1 Å². The zero-order valence-corrected chi connectivity index (χ0v) is 18.1. The molecule has 0 fully saturated rings. The summed E-state index contributed by atoms with van der Waals surface area (Å²) in [5.41, 5.74) is 2.69. The number of hydrogen-bond acceptors (Lipinski definition) is 6. The van der Waals surface area contributed by atoms with E-state index < -0.39 is 11.9 Å². The first-order valence-corrected chi connectivity index (χ1v) is 10.0. The van der Waals surface area contributed by atoms with Crippen LogP contribution in [0.25, 0.3) is 0 Å². The van der Waals surface area contributed by atoms with Gasteiger partial charge in [0.05, 0.1) is 19.8 Å². The molecule has 1 aliphatic heterocycles. The molecule has 1 heterocycles. The van der Waals surface area contributed by atoms with E-state index in [1.54, 1.807) is 42.6 Å². The monoisotopic (exact) mass is 432 g/mol. The number of hydrogen-bond donors (Lipinski definition) is 1. The van der Waals surface area contributed by atoms with Gasteiger partial charge in [-0.3, -0.25) is 4.79 Å². The summed E-state index contributed by atoms with van der Waals surface area (Å²) in [6, 6.07) is 14.3. The van der Waals surface area contributed by atoms with E-state index in [0.29, 0.717) is 11.3 Å². The van der Waals surface area contributed by atoms with Gasteiger partial charge in [-0.2, -0.15) is 0 Å². The third-order valence-corrected chi connectivity index (χ3v) is 4.92. The molecule has 1 amide bonds. The van der Waals surface area contributed by atoms with E-state index in [1.807, 2.05) is 31.2 Å². The van der Waals surface area contributed by atoms with Gasteiger partial charge in [0.1, 0.15) is 5.70 Å². The van der Waals surface area contributed by atoms with Crippen molar-refractivity contribution in [3.63, 3.8) is 0 Å². The quantitative estimate of drug-likeness (QED) is 0.695. The molecule has 164 valence electrons. The molecule has 3 rings (SSSR count). The molecule has 0 aliphatic carbocycles. The van der Waals surface area contributed by atoms with Crippen LogP contribution >= 0.6 is 0 Å². The lowest BCUT2D eigenvalue weighted by molar-refractivity contribution is -0.139. The number of esters is 2. The summed E-state index contributed by atoms with van der Waals surface area (Å²) in [4.78, 5) is 39.3. The lowest BCUT2D eigenvalue weighted by atomic mass is 10.1. The van der Waals surface area contributed by atoms with Gasteiger partial charge in [0, 0.05) is 23.1 Å². The van der Waals surface area contributed by atoms with E-state index in [0.717, 1.165) is 17.7 Å². The summed E-state index contributed by atoms with van der Waals surface area (Å²) >= 11 is 0. The van der Waals surface area contributed by atoms with Crippen molar-refractivity contribution in [3.8, 4) is 0 Å². The minimum Gasteiger partial charge on any atom is -0.465 e. The molecule has 7 nitrogen and oxygen atoms in total. The SMILES string of the molecule is CCc1ccccc1NC(=O)c1cccc(N2C=CC=CC(C(=O)OC)=C2C(=O)OC)c1. The molecular weight excluding hydrogens is 408 g/mol. The second kappa shape index (κ2) is 10.3. The second-order valence-electron chi connectivity index (χ2n) is 6.83. The highest BCUT2D eigenvalue weighted by Gasteiger charge is 2.27. The van der Waals surface area contributed by atoms with Crippen LogP contribution in [0.4, 0.5) is 11.4 Å². The number of benzene rings is 2. The summed E-state index contributed by atoms with van der Waals surface area (Å²) in [5.74, 6) is -1.68. The molecule has 2 aromatic carbocycles. The van der Waals surface area contributed by atoms with Gasteiger partial charge in [-0.05, 0) is 48.4 Å². The van der Waals surface area contributed by atoms with Crippen molar-refractivity contribution >= 4 is 29.2 Å². The van der Waals surface area contributed by atoms with Gasteiger partial charge in [0.25, 0.3) is 5.91 Å². The molecule has 1 aliphatic rings. The van der Waals surface area contributed by atoms with E-state index in [2.05, 4.69) is 5.32 Å². The number of nitrogens with zero attached hydrogens (tertiary/aromatic N) is 1. The number of allylic oxidation sites excluding steroid dienone is 2. The average Bonchev–Trinajstić information content (AvgIpc) is 3.06. The summed E-state index contributed by atoms with van der Waals surface area (Å²) in [6.07, 6.45) is 7.16. The largest absolute Gasteiger partial charge is 0.465 e. The van der Waals surface area contributed by atoms with E-state index >= 15 is 0 Å². The summed E-state index contributed by atoms with van der Waals surface area (Å²) in [6.45, 7) is 2.02. The Morgan fingerprint density at radius 3 is 2.41 bits per heavy atom. The van der Waals surface area contributed by atoms with Crippen LogP contribution in [0, 0.1) is 0 Å². The van der Waals surface area contributed by atoms with Crippen LogP contribution in [0.15, 0.2) is 84.2 Å². The van der Waals surface area contributed by atoms with Gasteiger partial charge in [0.2, 0.25) is 0 Å². The maximum atomic E-state index is 12.9. The Morgan fingerprint density at radius 2 is 1.69 bits per heavy atom. The zero-order valence-electron chi connectivity index (χ0n) is 18.1. The van der Waals surface area contributed by atoms with Crippen LogP contribution in [-0.2, 0) is 25.5 Å². The number of methoxy groups -OCH3 is 2. The Balaban J connectivity index is 2.00. The van der Waals surface area contributed by atoms with Gasteiger partial charge < -0.3 is 19.7 Å². The maximum Gasteiger partial charge on any atom is 0.355 e. The van der Waals surface area contributed by atoms with E-state index in [4.69, 9.17) is 9.47 Å². The molecule has 0 radical (unpaired) electrons. The average molecular weight is 432 g/mol. The normalized spacial score (nSPS) is 12.9. The highest BCUT2D eigenvalue weighted by atomic mass is 16.5. The second-order valence-corrected chi connectivity index (χ2v) is 6.83. The van der Waals surface area contributed by atoms with Crippen LogP contribution in [0.5, 0.6) is 0 Å². The highest BCUT2D eigenvalue weighted by molar-refractivity contribution is 6.07. The molecule has 0 aromatic heterocycles. The Hall–Kier alpha value is -4.13. The van der Waals surface area contributed by atoms with Crippen molar-refractivity contribution < 1.29 is 23.9 Å². The number of aryl methyl sites for hydroxylation is 1. The fourth-order valence-corrected chi connectivity index (χ4v) is 3.31. The van der Waals surface area contributed by atoms with E-state index in [9.17, 15) is 14.4 Å². The van der Waals surface area contributed by atoms with Crippen LogP contribution in [0.2, 0.25) is 0 Å². The molecule has 32 heavy (non-hydrogen) atoms. The molecule has 0 spiro atoms. The molecule has 0 unspecified atom stereocenters. The first-order chi connectivity index (χ1) is 15.5. The highest BCUT2D eigenvalue weighted by Crippen LogP contribution is 2.27. The molecule has 0 bridgehead atoms. The van der Waals surface area contributed by atoms with Gasteiger partial charge >= 0.3 is 11.9 Å². The lowest BCUT2D eigenvalue weighted by Crippen LogP contribution is -2.27. The number of ether oxygens (including phenoxy) is 2. The number of nitrogens with one attached hydrogen (secondary N) is 1. The Morgan fingerprint density at radius 1 is 0.938 bits per heavy atom. The fourth-order valence-electron chi connectivity index (χ4n) is 3.31. The Kier molecular flexibility index (Phi) is 7.23. The molecule has 1 N–H and O–H groups in total. The van der Waals surface area contributed by atoms with Gasteiger partial charge in [-0.15, -0.1) is 0 Å². The lowest BCUT2D eigenvalue weighted by Gasteiger charge is -2.23. The summed E-state index contributed by atoms with van der Waals surface area (Å²) < 4.78 is 9.74. The topological polar surface area (TPSA) is 84.9 Å². The number of rotatable bonds is 6. The molecule has 2 aromatic rings.